The van der Waals surface area contributed by atoms with E-state index in [-0.39, 0.29) is 6.03 Å². The number of hydrogen-bond donors (Lipinski definition) is 5. The average molecular weight is 586 g/mol. The van der Waals surface area contributed by atoms with Crippen LogP contribution in [0.5, 0.6) is 0 Å². The summed E-state index contributed by atoms with van der Waals surface area (Å²) in [6.45, 7) is 5.09. The molecule has 0 saturated carbocycles. The summed E-state index contributed by atoms with van der Waals surface area (Å²) in [5, 5.41) is 33.4. The summed E-state index contributed by atoms with van der Waals surface area (Å²) < 4.78 is 5.86. The van der Waals surface area contributed by atoms with Crippen LogP contribution < -0.4 is 11.1 Å². The van der Waals surface area contributed by atoms with Gasteiger partial charge in [-0.15, -0.1) is 0 Å². The zero-order valence-electron chi connectivity index (χ0n) is 26.7. The number of nitrogens with one attached hydrogen (secondary N) is 1. The lowest BCUT2D eigenvalue weighted by Gasteiger charge is -2.45. The van der Waals surface area contributed by atoms with Gasteiger partial charge in [0.15, 0.2) is 6.23 Å². The van der Waals surface area contributed by atoms with Crippen molar-refractivity contribution in [3.63, 3.8) is 0 Å². The third-order valence-electron chi connectivity index (χ3n) is 8.58. The monoisotopic (exact) mass is 586 g/mol. The maximum Gasteiger partial charge on any atom is 0.319 e. The SMILES string of the molecule is CCCCCCCCCCCCCCN(C(=O)NCCCCCCCCCCCC)[C@@H]1O[C@H](CO)[C@H](O)[C@H](O)[C@H]1N. The highest BCUT2D eigenvalue weighted by molar-refractivity contribution is 5.74. The first-order chi connectivity index (χ1) is 20.0. The Bertz CT molecular complexity index is 609. The van der Waals surface area contributed by atoms with Crippen molar-refractivity contribution >= 4 is 6.03 Å². The highest BCUT2D eigenvalue weighted by atomic mass is 16.5. The summed E-state index contributed by atoms with van der Waals surface area (Å²) >= 11 is 0. The van der Waals surface area contributed by atoms with E-state index >= 15 is 0 Å². The molecule has 2 amide bonds. The van der Waals surface area contributed by atoms with Gasteiger partial charge >= 0.3 is 6.03 Å². The summed E-state index contributed by atoms with van der Waals surface area (Å²) in [6.07, 6.45) is 22.7. The van der Waals surface area contributed by atoms with E-state index < -0.39 is 37.2 Å². The van der Waals surface area contributed by atoms with Crippen molar-refractivity contribution in [2.75, 3.05) is 19.7 Å². The van der Waals surface area contributed by atoms with Crippen LogP contribution >= 0.6 is 0 Å². The maximum absolute atomic E-state index is 13.2. The third kappa shape index (κ3) is 17.1. The topological polar surface area (TPSA) is 128 Å². The molecular weight excluding hydrogens is 518 g/mol. The predicted octanol–water partition coefficient (Wildman–Crippen LogP) is 6.39. The minimum Gasteiger partial charge on any atom is -0.394 e. The number of hydrogen-bond acceptors (Lipinski definition) is 6. The molecule has 5 atom stereocenters. The summed E-state index contributed by atoms with van der Waals surface area (Å²) in [7, 11) is 0. The van der Waals surface area contributed by atoms with Gasteiger partial charge in [-0.2, -0.15) is 0 Å². The molecule has 41 heavy (non-hydrogen) atoms. The molecule has 1 heterocycles. The van der Waals surface area contributed by atoms with Gasteiger partial charge in [0.2, 0.25) is 0 Å². The van der Waals surface area contributed by atoms with Crippen molar-refractivity contribution in [1.82, 2.24) is 10.2 Å². The molecule has 1 fully saturated rings. The molecule has 244 valence electrons. The zero-order valence-corrected chi connectivity index (χ0v) is 26.7. The molecule has 1 aliphatic heterocycles. The van der Waals surface area contributed by atoms with Crippen molar-refractivity contribution in [2.24, 2.45) is 5.73 Å². The summed E-state index contributed by atoms with van der Waals surface area (Å²) in [5.41, 5.74) is 6.23. The molecule has 0 aromatic carbocycles. The molecular formula is C33H67N3O5. The van der Waals surface area contributed by atoms with Gasteiger partial charge in [0.25, 0.3) is 0 Å². The van der Waals surface area contributed by atoms with Crippen LogP contribution in [0, 0.1) is 0 Å². The molecule has 1 aliphatic rings. The van der Waals surface area contributed by atoms with Gasteiger partial charge < -0.3 is 31.1 Å². The highest BCUT2D eigenvalue weighted by Crippen LogP contribution is 2.23. The molecule has 8 heteroatoms. The van der Waals surface area contributed by atoms with E-state index in [9.17, 15) is 20.1 Å². The first-order valence-corrected chi connectivity index (χ1v) is 17.4. The predicted molar refractivity (Wildman–Crippen MR) is 169 cm³/mol. The Kier molecular flexibility index (Phi) is 23.7. The number of rotatable bonds is 26. The van der Waals surface area contributed by atoms with E-state index in [1.54, 1.807) is 4.90 Å². The summed E-state index contributed by atoms with van der Waals surface area (Å²) in [4.78, 5) is 14.8. The number of nitrogens with zero attached hydrogens (tertiary/aromatic N) is 1. The largest absolute Gasteiger partial charge is 0.394 e. The van der Waals surface area contributed by atoms with Gasteiger partial charge in [-0.25, -0.2) is 4.79 Å². The quantitative estimate of drug-likeness (QED) is 0.0749. The van der Waals surface area contributed by atoms with Gasteiger partial charge in [-0.3, -0.25) is 4.90 Å². The van der Waals surface area contributed by atoms with Crippen molar-refractivity contribution in [3.8, 4) is 0 Å². The molecule has 0 aliphatic carbocycles. The second-order valence-electron chi connectivity index (χ2n) is 12.3. The number of aliphatic hydroxyl groups excluding tert-OH is 3. The lowest BCUT2D eigenvalue weighted by atomic mass is 9.96. The Balaban J connectivity index is 2.41. The molecule has 0 spiro atoms. The van der Waals surface area contributed by atoms with E-state index in [1.165, 1.54) is 109 Å². The summed E-state index contributed by atoms with van der Waals surface area (Å²) in [5.74, 6) is 0. The molecule has 6 N–H and O–H groups in total. The van der Waals surface area contributed by atoms with Gasteiger partial charge in [-0.1, -0.05) is 142 Å². The molecule has 0 unspecified atom stereocenters. The molecule has 0 aromatic rings. The van der Waals surface area contributed by atoms with Crippen LogP contribution in [0.15, 0.2) is 0 Å². The van der Waals surface area contributed by atoms with Crippen molar-refractivity contribution in [1.29, 1.82) is 0 Å². The Morgan fingerprint density at radius 3 is 1.54 bits per heavy atom. The Morgan fingerprint density at radius 2 is 1.10 bits per heavy atom. The fourth-order valence-electron chi connectivity index (χ4n) is 5.78. The van der Waals surface area contributed by atoms with Gasteiger partial charge in [-0.05, 0) is 12.8 Å². The lowest BCUT2D eigenvalue weighted by Crippen LogP contribution is -2.67. The van der Waals surface area contributed by atoms with Crippen molar-refractivity contribution in [2.45, 2.75) is 186 Å². The highest BCUT2D eigenvalue weighted by Gasteiger charge is 2.45. The number of amides is 2. The Hall–Kier alpha value is -0.930. The normalized spacial score (nSPS) is 22.6. The number of urea groups is 1. The van der Waals surface area contributed by atoms with Crippen LogP contribution in [0.25, 0.3) is 0 Å². The minimum absolute atomic E-state index is 0.260. The van der Waals surface area contributed by atoms with Crippen LogP contribution in [0.3, 0.4) is 0 Å². The lowest BCUT2D eigenvalue weighted by molar-refractivity contribution is -0.218. The third-order valence-corrected chi connectivity index (χ3v) is 8.58. The van der Waals surface area contributed by atoms with Crippen molar-refractivity contribution in [3.05, 3.63) is 0 Å². The fraction of sp³-hybridized carbons (Fsp3) is 0.970. The van der Waals surface area contributed by atoms with Crippen molar-refractivity contribution < 1.29 is 24.9 Å². The summed E-state index contributed by atoms with van der Waals surface area (Å²) in [6, 6.07) is -1.21. The van der Waals surface area contributed by atoms with E-state index in [4.69, 9.17) is 10.5 Å². The molecule has 8 nitrogen and oxygen atoms in total. The van der Waals surface area contributed by atoms with Gasteiger partial charge in [0, 0.05) is 13.1 Å². The van der Waals surface area contributed by atoms with E-state index in [2.05, 4.69) is 19.2 Å². The van der Waals surface area contributed by atoms with Crippen LogP contribution in [-0.4, -0.2) is 76.5 Å². The van der Waals surface area contributed by atoms with E-state index in [1.807, 2.05) is 0 Å². The zero-order chi connectivity index (χ0) is 30.1. The van der Waals surface area contributed by atoms with Gasteiger partial charge in [0.1, 0.15) is 18.3 Å². The van der Waals surface area contributed by atoms with E-state index in [0.29, 0.717) is 13.1 Å². The molecule has 0 bridgehead atoms. The Labute approximate surface area is 252 Å². The second-order valence-corrected chi connectivity index (χ2v) is 12.3. The number of unbranched alkanes of at least 4 members (excludes halogenated alkanes) is 20. The number of nitrogens with two attached hydrogens (primary N) is 1. The van der Waals surface area contributed by atoms with Gasteiger partial charge in [0.05, 0.1) is 12.6 Å². The first kappa shape index (κ1) is 38.1. The standard InChI is InChI=1S/C33H67N3O5/c1-3-5-7-9-11-13-15-16-18-20-22-24-26-36(32-29(34)31(39)30(38)28(27-37)41-32)33(40)35-25-23-21-19-17-14-12-10-8-6-4-2/h28-32,37-39H,3-27,34H2,1-2H3,(H,35,40)/t28-,29-,30+,31-,32-/m1/s1. The minimum atomic E-state index is -1.28. The number of aliphatic hydroxyl groups is 3. The molecule has 1 saturated heterocycles. The number of carbonyl (C=O) groups excluding carboxylic acids is 1. The number of carbonyl (C=O) groups is 1. The molecule has 0 aromatic heterocycles. The fourth-order valence-corrected chi connectivity index (χ4v) is 5.78. The maximum atomic E-state index is 13.2. The van der Waals surface area contributed by atoms with Crippen LogP contribution in [0.1, 0.15) is 155 Å². The average Bonchev–Trinajstić information content (AvgIpc) is 2.97. The van der Waals surface area contributed by atoms with E-state index in [0.717, 1.165) is 32.1 Å². The second kappa shape index (κ2) is 25.6. The van der Waals surface area contributed by atoms with Crippen LogP contribution in [0.4, 0.5) is 4.79 Å². The Morgan fingerprint density at radius 1 is 0.683 bits per heavy atom. The molecule has 0 radical (unpaired) electrons. The number of ether oxygens (including phenoxy) is 1. The molecule has 1 rings (SSSR count). The smallest absolute Gasteiger partial charge is 0.319 e. The van der Waals surface area contributed by atoms with Crippen LogP contribution in [0.2, 0.25) is 0 Å². The van der Waals surface area contributed by atoms with Crippen LogP contribution in [-0.2, 0) is 4.74 Å². The first-order valence-electron chi connectivity index (χ1n) is 17.4.